The van der Waals surface area contributed by atoms with Gasteiger partial charge in [0.25, 0.3) is 10.0 Å². The number of rotatable bonds is 5. The highest BCUT2D eigenvalue weighted by molar-refractivity contribution is 7.92. The van der Waals surface area contributed by atoms with E-state index in [9.17, 15) is 13.2 Å². The van der Waals surface area contributed by atoms with Crippen LogP contribution in [0.5, 0.6) is 0 Å². The van der Waals surface area contributed by atoms with Crippen molar-refractivity contribution in [3.63, 3.8) is 0 Å². The Hall–Kier alpha value is -2.65. The van der Waals surface area contributed by atoms with Crippen LogP contribution in [-0.4, -0.2) is 31.3 Å². The van der Waals surface area contributed by atoms with Gasteiger partial charge in [0, 0.05) is 18.9 Å². The molecule has 0 saturated carbocycles. The van der Waals surface area contributed by atoms with Crippen LogP contribution in [0.3, 0.4) is 0 Å². The molecule has 0 aliphatic rings. The Kier molecular flexibility index (Phi) is 4.60. The average molecular weight is 377 g/mol. The van der Waals surface area contributed by atoms with Crippen LogP contribution in [0.1, 0.15) is 10.4 Å². The van der Waals surface area contributed by atoms with E-state index in [4.69, 9.17) is 0 Å². The Bertz CT molecular complexity index is 991. The van der Waals surface area contributed by atoms with Crippen LogP contribution >= 0.6 is 11.3 Å². The Morgan fingerprint density at radius 3 is 2.56 bits per heavy atom. The van der Waals surface area contributed by atoms with E-state index in [1.54, 1.807) is 7.05 Å². The molecule has 0 aliphatic carbocycles. The van der Waals surface area contributed by atoms with Gasteiger partial charge in [-0.3, -0.25) is 9.40 Å². The van der Waals surface area contributed by atoms with E-state index < -0.39 is 16.0 Å². The molecular weight excluding hydrogens is 362 g/mol. The molecule has 0 unspecified atom stereocenters. The van der Waals surface area contributed by atoms with Crippen LogP contribution in [0.15, 0.2) is 52.9 Å². The fraction of sp³-hybridized carbons (Fsp3) is 0.125. The van der Waals surface area contributed by atoms with Crippen molar-refractivity contribution in [3.05, 3.63) is 53.5 Å². The molecule has 0 saturated heterocycles. The van der Waals surface area contributed by atoms with Gasteiger partial charge in [0.1, 0.15) is 10.6 Å². The molecule has 3 rings (SSSR count). The first-order chi connectivity index (χ1) is 11.9. The minimum absolute atomic E-state index is 0.0921. The smallest absolute Gasteiger partial charge is 0.337 e. The Morgan fingerprint density at radius 1 is 1.24 bits per heavy atom. The number of nitrogens with zero attached hydrogens (tertiary/aromatic N) is 2. The first kappa shape index (κ1) is 17.2. The molecule has 3 aromatic rings. The summed E-state index contributed by atoms with van der Waals surface area (Å²) in [4.78, 5) is 12.3. The van der Waals surface area contributed by atoms with E-state index in [1.807, 2.05) is 17.5 Å². The number of methoxy groups -OCH3 is 1. The number of carbonyl (C=O) groups is 1. The van der Waals surface area contributed by atoms with Crippen LogP contribution < -0.4 is 4.72 Å². The first-order valence-electron chi connectivity index (χ1n) is 7.19. The lowest BCUT2D eigenvalue weighted by molar-refractivity contribution is 0.0601. The van der Waals surface area contributed by atoms with E-state index in [0.717, 1.165) is 4.88 Å². The first-order valence-corrected chi connectivity index (χ1v) is 9.56. The normalized spacial score (nSPS) is 11.3. The van der Waals surface area contributed by atoms with Gasteiger partial charge in [-0.05, 0) is 35.7 Å². The average Bonchev–Trinajstić information content (AvgIpc) is 3.24. The lowest BCUT2D eigenvalue weighted by Gasteiger charge is -2.08. The summed E-state index contributed by atoms with van der Waals surface area (Å²) in [7, 11) is -0.878. The number of esters is 1. The third-order valence-electron chi connectivity index (χ3n) is 3.40. The molecule has 0 amide bonds. The molecule has 0 bridgehead atoms. The van der Waals surface area contributed by atoms with Crippen molar-refractivity contribution in [1.29, 1.82) is 0 Å². The third-order valence-corrected chi connectivity index (χ3v) is 5.66. The van der Waals surface area contributed by atoms with E-state index in [0.29, 0.717) is 16.9 Å². The SMILES string of the molecule is COC(=O)c1ccc(NS(=O)(=O)c2cn(C)nc2-c2cccs2)cc1. The summed E-state index contributed by atoms with van der Waals surface area (Å²) >= 11 is 1.41. The zero-order valence-electron chi connectivity index (χ0n) is 13.5. The standard InChI is InChI=1S/C16H15N3O4S2/c1-19-10-14(15(17-19)13-4-3-9-24-13)25(21,22)18-12-7-5-11(6-8-12)16(20)23-2/h3-10,18H,1-2H3. The van der Waals surface area contributed by atoms with Crippen LogP contribution in [0, 0.1) is 0 Å². The molecule has 1 aromatic carbocycles. The molecular formula is C16H15N3O4S2. The number of aromatic nitrogens is 2. The predicted octanol–water partition coefficient (Wildman–Crippen LogP) is 2.74. The van der Waals surface area contributed by atoms with Gasteiger partial charge in [-0.25, -0.2) is 13.2 Å². The van der Waals surface area contributed by atoms with E-state index in [2.05, 4.69) is 14.6 Å². The monoisotopic (exact) mass is 377 g/mol. The Labute approximate surface area is 148 Å². The molecule has 7 nitrogen and oxygen atoms in total. The number of hydrogen-bond acceptors (Lipinski definition) is 6. The fourth-order valence-electron chi connectivity index (χ4n) is 2.25. The van der Waals surface area contributed by atoms with Gasteiger partial charge in [0.2, 0.25) is 0 Å². The molecule has 2 heterocycles. The summed E-state index contributed by atoms with van der Waals surface area (Å²) < 4.78 is 34.1. The summed E-state index contributed by atoms with van der Waals surface area (Å²) in [6, 6.07) is 9.65. The van der Waals surface area contributed by atoms with Gasteiger partial charge in [-0.15, -0.1) is 11.3 Å². The van der Waals surface area contributed by atoms with Crippen molar-refractivity contribution in [2.24, 2.45) is 7.05 Å². The minimum atomic E-state index is -3.83. The van der Waals surface area contributed by atoms with Crippen molar-refractivity contribution in [1.82, 2.24) is 9.78 Å². The van der Waals surface area contributed by atoms with Gasteiger partial charge in [-0.1, -0.05) is 6.07 Å². The number of hydrogen-bond donors (Lipinski definition) is 1. The second-order valence-corrected chi connectivity index (χ2v) is 7.77. The number of aryl methyl sites for hydroxylation is 1. The second kappa shape index (κ2) is 6.69. The molecule has 0 aliphatic heterocycles. The number of thiophene rings is 1. The number of ether oxygens (including phenoxy) is 1. The predicted molar refractivity (Wildman–Crippen MR) is 95.1 cm³/mol. The highest BCUT2D eigenvalue weighted by Crippen LogP contribution is 2.30. The molecule has 25 heavy (non-hydrogen) atoms. The Morgan fingerprint density at radius 2 is 1.96 bits per heavy atom. The molecule has 0 spiro atoms. The van der Waals surface area contributed by atoms with E-state index in [-0.39, 0.29) is 4.90 Å². The lowest BCUT2D eigenvalue weighted by atomic mass is 10.2. The number of benzene rings is 1. The van der Waals surface area contributed by atoms with E-state index in [1.165, 1.54) is 53.6 Å². The van der Waals surface area contributed by atoms with Crippen LogP contribution in [0.4, 0.5) is 5.69 Å². The lowest BCUT2D eigenvalue weighted by Crippen LogP contribution is -2.13. The van der Waals surface area contributed by atoms with Gasteiger partial charge in [0.15, 0.2) is 0 Å². The van der Waals surface area contributed by atoms with Crippen molar-refractivity contribution >= 4 is 33.0 Å². The van der Waals surface area contributed by atoms with Crippen molar-refractivity contribution in [2.75, 3.05) is 11.8 Å². The Balaban J connectivity index is 1.92. The summed E-state index contributed by atoms with van der Waals surface area (Å²) in [5.41, 5.74) is 1.08. The number of anilines is 1. The van der Waals surface area contributed by atoms with Crippen LogP contribution in [0.25, 0.3) is 10.6 Å². The fourth-order valence-corrected chi connectivity index (χ4v) is 4.29. The molecule has 2 aromatic heterocycles. The highest BCUT2D eigenvalue weighted by atomic mass is 32.2. The summed E-state index contributed by atoms with van der Waals surface area (Å²) in [5.74, 6) is -0.485. The van der Waals surface area contributed by atoms with Crippen molar-refractivity contribution in [2.45, 2.75) is 4.90 Å². The van der Waals surface area contributed by atoms with Gasteiger partial charge in [-0.2, -0.15) is 5.10 Å². The third kappa shape index (κ3) is 3.57. The van der Waals surface area contributed by atoms with Gasteiger partial charge in [0.05, 0.1) is 17.6 Å². The van der Waals surface area contributed by atoms with Crippen LogP contribution in [0.2, 0.25) is 0 Å². The number of nitrogens with one attached hydrogen (secondary N) is 1. The maximum absolute atomic E-state index is 12.8. The molecule has 0 atom stereocenters. The zero-order chi connectivity index (χ0) is 18.0. The zero-order valence-corrected chi connectivity index (χ0v) is 15.1. The summed E-state index contributed by atoms with van der Waals surface area (Å²) in [5, 5.41) is 6.12. The highest BCUT2D eigenvalue weighted by Gasteiger charge is 2.24. The van der Waals surface area contributed by atoms with Gasteiger partial charge >= 0.3 is 5.97 Å². The quantitative estimate of drug-likeness (QED) is 0.691. The van der Waals surface area contributed by atoms with E-state index >= 15 is 0 Å². The van der Waals surface area contributed by atoms with Crippen molar-refractivity contribution < 1.29 is 17.9 Å². The summed E-state index contributed by atoms with van der Waals surface area (Å²) in [6.45, 7) is 0. The molecule has 1 N–H and O–H groups in total. The molecule has 0 fully saturated rings. The maximum atomic E-state index is 12.8. The van der Waals surface area contributed by atoms with Gasteiger partial charge < -0.3 is 4.74 Å². The number of sulfonamides is 1. The second-order valence-electron chi connectivity index (χ2n) is 5.17. The summed E-state index contributed by atoms with van der Waals surface area (Å²) in [6.07, 6.45) is 1.46. The number of carbonyl (C=O) groups excluding carboxylic acids is 1. The van der Waals surface area contributed by atoms with Crippen molar-refractivity contribution in [3.8, 4) is 10.6 Å². The minimum Gasteiger partial charge on any atom is -0.465 e. The maximum Gasteiger partial charge on any atom is 0.337 e. The molecule has 9 heteroatoms. The molecule has 130 valence electrons. The largest absolute Gasteiger partial charge is 0.465 e. The topological polar surface area (TPSA) is 90.3 Å². The molecule has 0 radical (unpaired) electrons. The van der Waals surface area contributed by atoms with Crippen LogP contribution in [-0.2, 0) is 21.8 Å².